The van der Waals surface area contributed by atoms with Gasteiger partial charge in [-0.05, 0) is 36.4 Å². The van der Waals surface area contributed by atoms with Crippen LogP contribution in [0.5, 0.6) is 0 Å². The summed E-state index contributed by atoms with van der Waals surface area (Å²) in [5.74, 6) is 0. The van der Waals surface area contributed by atoms with Gasteiger partial charge in [0.25, 0.3) is 0 Å². The molecular weight excluding hydrogens is 329 g/mol. The molecule has 3 N–H and O–H groups in total. The quantitative estimate of drug-likeness (QED) is 0.478. The molecule has 0 bridgehead atoms. The highest BCUT2D eigenvalue weighted by atomic mass is 35.5. The van der Waals surface area contributed by atoms with Gasteiger partial charge in [0, 0.05) is 17.3 Å². The summed E-state index contributed by atoms with van der Waals surface area (Å²) in [5, 5.41) is 5.47. The molecule has 0 radical (unpaired) electrons. The molecule has 0 saturated carbocycles. The van der Waals surface area contributed by atoms with Gasteiger partial charge < -0.3 is 11.1 Å². The third kappa shape index (κ3) is 2.72. The highest BCUT2D eigenvalue weighted by molar-refractivity contribution is 6.44. The highest BCUT2D eigenvalue weighted by Crippen LogP contribution is 2.36. The largest absolute Gasteiger partial charge is 0.397 e. The molecule has 0 fully saturated rings. The van der Waals surface area contributed by atoms with Crippen molar-refractivity contribution in [1.29, 1.82) is 0 Å². The zero-order chi connectivity index (χ0) is 15.0. The number of pyridine rings is 1. The molecule has 1 aromatic heterocycles. The number of benzene rings is 2. The molecule has 0 amide bonds. The van der Waals surface area contributed by atoms with Gasteiger partial charge in [0.1, 0.15) is 0 Å². The summed E-state index contributed by atoms with van der Waals surface area (Å²) in [6, 6.07) is 10.7. The summed E-state index contributed by atoms with van der Waals surface area (Å²) >= 11 is 18.2. The van der Waals surface area contributed by atoms with Crippen molar-refractivity contribution < 1.29 is 0 Å². The van der Waals surface area contributed by atoms with Gasteiger partial charge in [-0.2, -0.15) is 0 Å². The molecule has 6 heteroatoms. The van der Waals surface area contributed by atoms with Gasteiger partial charge in [-0.15, -0.1) is 0 Å². The summed E-state index contributed by atoms with van der Waals surface area (Å²) in [7, 11) is 0. The second kappa shape index (κ2) is 5.60. The first-order valence-electron chi connectivity index (χ1n) is 6.11. The van der Waals surface area contributed by atoms with E-state index in [4.69, 9.17) is 40.5 Å². The molecule has 3 aromatic rings. The number of nitrogen functional groups attached to an aromatic ring is 1. The van der Waals surface area contributed by atoms with E-state index in [0.29, 0.717) is 26.4 Å². The summed E-state index contributed by atoms with van der Waals surface area (Å²) in [5.41, 5.74) is 8.80. The minimum absolute atomic E-state index is 0.413. The van der Waals surface area contributed by atoms with E-state index in [0.717, 1.165) is 16.6 Å². The first kappa shape index (κ1) is 14.3. The van der Waals surface area contributed by atoms with Crippen LogP contribution in [0, 0.1) is 0 Å². The van der Waals surface area contributed by atoms with Crippen LogP contribution in [0.25, 0.3) is 10.9 Å². The Kier molecular flexibility index (Phi) is 3.81. The predicted molar refractivity (Wildman–Crippen MR) is 90.9 cm³/mol. The maximum absolute atomic E-state index is 6.19. The normalized spacial score (nSPS) is 10.8. The molecule has 21 heavy (non-hydrogen) atoms. The van der Waals surface area contributed by atoms with Gasteiger partial charge in [-0.3, -0.25) is 4.98 Å². The summed E-state index contributed by atoms with van der Waals surface area (Å²) < 4.78 is 0. The van der Waals surface area contributed by atoms with E-state index < -0.39 is 0 Å². The zero-order valence-electron chi connectivity index (χ0n) is 10.7. The van der Waals surface area contributed by atoms with Gasteiger partial charge >= 0.3 is 0 Å². The Morgan fingerprint density at radius 1 is 0.905 bits per heavy atom. The van der Waals surface area contributed by atoms with Crippen molar-refractivity contribution in [3.05, 3.63) is 57.7 Å². The van der Waals surface area contributed by atoms with Crippen LogP contribution in [0.1, 0.15) is 0 Å². The maximum Gasteiger partial charge on any atom is 0.0951 e. The Morgan fingerprint density at radius 2 is 1.67 bits per heavy atom. The average molecular weight is 339 g/mol. The van der Waals surface area contributed by atoms with Gasteiger partial charge in [-0.1, -0.05) is 34.8 Å². The number of aromatic nitrogens is 1. The minimum Gasteiger partial charge on any atom is -0.397 e. The van der Waals surface area contributed by atoms with Crippen molar-refractivity contribution in [2.24, 2.45) is 0 Å². The molecular formula is C15H10Cl3N3. The zero-order valence-corrected chi connectivity index (χ0v) is 13.0. The molecule has 3 nitrogen and oxygen atoms in total. The van der Waals surface area contributed by atoms with Crippen molar-refractivity contribution in [1.82, 2.24) is 4.98 Å². The number of fused-ring (bicyclic) bond motifs is 1. The Hall–Kier alpha value is -1.68. The van der Waals surface area contributed by atoms with E-state index in [-0.39, 0.29) is 0 Å². The molecule has 0 spiro atoms. The molecule has 1 heterocycles. The summed E-state index contributed by atoms with van der Waals surface area (Å²) in [6.07, 6.45) is 1.70. The lowest BCUT2D eigenvalue weighted by molar-refractivity contribution is 1.41. The second-order valence-corrected chi connectivity index (χ2v) is 5.69. The lowest BCUT2D eigenvalue weighted by Gasteiger charge is -2.13. The molecule has 0 aliphatic heterocycles. The van der Waals surface area contributed by atoms with Gasteiger partial charge in [0.2, 0.25) is 0 Å². The van der Waals surface area contributed by atoms with E-state index in [1.54, 1.807) is 24.4 Å². The number of anilines is 3. The lowest BCUT2D eigenvalue weighted by atomic mass is 10.1. The molecule has 0 aliphatic carbocycles. The van der Waals surface area contributed by atoms with Crippen molar-refractivity contribution in [2.45, 2.75) is 0 Å². The Balaban J connectivity index is 2.11. The fourth-order valence-electron chi connectivity index (χ4n) is 2.07. The third-order valence-corrected chi connectivity index (χ3v) is 4.12. The van der Waals surface area contributed by atoms with Crippen LogP contribution in [0.15, 0.2) is 42.6 Å². The fraction of sp³-hybridized carbons (Fsp3) is 0. The van der Waals surface area contributed by atoms with Crippen LogP contribution < -0.4 is 11.1 Å². The topological polar surface area (TPSA) is 50.9 Å². The van der Waals surface area contributed by atoms with Crippen LogP contribution >= 0.6 is 34.8 Å². The van der Waals surface area contributed by atoms with E-state index in [1.165, 1.54) is 0 Å². The SMILES string of the molecule is Nc1ccc(Nc2cc(Cl)c(Cl)cc2Cl)c2cccnc12. The molecule has 0 atom stereocenters. The molecule has 106 valence electrons. The predicted octanol–water partition coefficient (Wildman–Crippen LogP) is 5.52. The minimum atomic E-state index is 0.413. The fourth-order valence-corrected chi connectivity index (χ4v) is 2.66. The molecule has 0 unspecified atom stereocenters. The molecule has 0 saturated heterocycles. The van der Waals surface area contributed by atoms with Gasteiger partial charge in [-0.25, -0.2) is 0 Å². The van der Waals surface area contributed by atoms with Crippen molar-refractivity contribution in [3.63, 3.8) is 0 Å². The highest BCUT2D eigenvalue weighted by Gasteiger charge is 2.09. The number of rotatable bonds is 2. The Morgan fingerprint density at radius 3 is 2.48 bits per heavy atom. The number of nitrogens with two attached hydrogens (primary N) is 1. The van der Waals surface area contributed by atoms with Crippen LogP contribution in [0.3, 0.4) is 0 Å². The average Bonchev–Trinajstić information content (AvgIpc) is 2.48. The molecule has 3 rings (SSSR count). The van der Waals surface area contributed by atoms with Crippen LogP contribution in [0.4, 0.5) is 17.1 Å². The number of hydrogen-bond acceptors (Lipinski definition) is 3. The maximum atomic E-state index is 6.19. The van der Waals surface area contributed by atoms with Crippen molar-refractivity contribution >= 4 is 62.8 Å². The van der Waals surface area contributed by atoms with Crippen LogP contribution in [-0.2, 0) is 0 Å². The number of hydrogen-bond donors (Lipinski definition) is 2. The number of nitrogens with zero attached hydrogens (tertiary/aromatic N) is 1. The van der Waals surface area contributed by atoms with E-state index in [2.05, 4.69) is 10.3 Å². The smallest absolute Gasteiger partial charge is 0.0951 e. The number of halogens is 3. The first-order chi connectivity index (χ1) is 10.1. The molecule has 0 aliphatic rings. The van der Waals surface area contributed by atoms with E-state index >= 15 is 0 Å². The second-order valence-electron chi connectivity index (χ2n) is 4.47. The van der Waals surface area contributed by atoms with E-state index in [1.807, 2.05) is 18.2 Å². The van der Waals surface area contributed by atoms with Gasteiger partial charge in [0.05, 0.1) is 32.0 Å². The van der Waals surface area contributed by atoms with Crippen LogP contribution in [0.2, 0.25) is 15.1 Å². The van der Waals surface area contributed by atoms with Crippen molar-refractivity contribution in [2.75, 3.05) is 11.1 Å². The standard InChI is InChI=1S/C15H10Cl3N3/c16-9-6-11(18)14(7-10(9)17)21-13-4-3-12(19)15-8(13)2-1-5-20-15/h1-7,21H,19H2. The first-order valence-corrected chi connectivity index (χ1v) is 7.24. The summed E-state index contributed by atoms with van der Waals surface area (Å²) in [6.45, 7) is 0. The summed E-state index contributed by atoms with van der Waals surface area (Å²) in [4.78, 5) is 4.29. The van der Waals surface area contributed by atoms with Gasteiger partial charge in [0.15, 0.2) is 0 Å². The van der Waals surface area contributed by atoms with Crippen molar-refractivity contribution in [3.8, 4) is 0 Å². The lowest BCUT2D eigenvalue weighted by Crippen LogP contribution is -1.96. The third-order valence-electron chi connectivity index (χ3n) is 3.08. The Labute approximate surface area is 136 Å². The molecule has 2 aromatic carbocycles. The number of nitrogens with one attached hydrogen (secondary N) is 1. The monoisotopic (exact) mass is 337 g/mol. The van der Waals surface area contributed by atoms with Crippen LogP contribution in [-0.4, -0.2) is 4.98 Å². The van der Waals surface area contributed by atoms with E-state index in [9.17, 15) is 0 Å². The Bertz CT molecular complexity index is 834.